The Bertz CT molecular complexity index is 222. The molecular formula is C24H50O3. The summed E-state index contributed by atoms with van der Waals surface area (Å²) in [5, 5.41) is 8.57. The molecule has 3 nitrogen and oxygen atoms in total. The van der Waals surface area contributed by atoms with Gasteiger partial charge in [-0.2, -0.15) is 0 Å². The van der Waals surface area contributed by atoms with E-state index < -0.39 is 0 Å². The van der Waals surface area contributed by atoms with Crippen LogP contribution in [-0.4, -0.2) is 38.1 Å². The fourth-order valence-electron chi connectivity index (χ4n) is 3.49. The van der Waals surface area contributed by atoms with Crippen LogP contribution in [0.1, 0.15) is 122 Å². The maximum atomic E-state index is 8.57. The van der Waals surface area contributed by atoms with Gasteiger partial charge in [-0.15, -0.1) is 0 Å². The summed E-state index contributed by atoms with van der Waals surface area (Å²) in [6.07, 6.45) is 25.4. The summed E-state index contributed by atoms with van der Waals surface area (Å²) in [4.78, 5) is 0. The van der Waals surface area contributed by atoms with E-state index in [4.69, 9.17) is 14.6 Å². The van der Waals surface area contributed by atoms with Gasteiger partial charge in [-0.3, -0.25) is 0 Å². The number of rotatable bonds is 24. The van der Waals surface area contributed by atoms with Crippen LogP contribution in [0.2, 0.25) is 0 Å². The van der Waals surface area contributed by atoms with Gasteiger partial charge >= 0.3 is 0 Å². The molecule has 27 heavy (non-hydrogen) atoms. The van der Waals surface area contributed by atoms with Crippen molar-refractivity contribution in [3.05, 3.63) is 0 Å². The monoisotopic (exact) mass is 386 g/mol. The van der Waals surface area contributed by atoms with Crippen molar-refractivity contribution >= 4 is 0 Å². The third-order valence-corrected chi connectivity index (χ3v) is 5.25. The van der Waals surface area contributed by atoms with Gasteiger partial charge in [-0.25, -0.2) is 0 Å². The molecule has 0 heterocycles. The Morgan fingerprint density at radius 2 is 0.741 bits per heavy atom. The molecule has 0 rings (SSSR count). The normalized spacial score (nSPS) is 11.3. The fraction of sp³-hybridized carbons (Fsp3) is 1.00. The Balaban J connectivity index is 2.95. The van der Waals surface area contributed by atoms with Crippen LogP contribution >= 0.6 is 0 Å². The van der Waals surface area contributed by atoms with Crippen molar-refractivity contribution in [2.24, 2.45) is 0 Å². The summed E-state index contributed by atoms with van der Waals surface area (Å²) in [5.41, 5.74) is 0. The van der Waals surface area contributed by atoms with E-state index in [1.165, 1.54) is 116 Å². The highest BCUT2D eigenvalue weighted by molar-refractivity contribution is 4.50. The topological polar surface area (TPSA) is 38.7 Å². The van der Waals surface area contributed by atoms with E-state index in [9.17, 15) is 0 Å². The minimum absolute atomic E-state index is 0.0965. The Morgan fingerprint density at radius 3 is 1.11 bits per heavy atom. The minimum atomic E-state index is 0.0965. The van der Waals surface area contributed by atoms with Gasteiger partial charge in [-0.05, 0) is 6.42 Å². The number of hydrogen-bond donors (Lipinski definition) is 1. The van der Waals surface area contributed by atoms with E-state index in [0.29, 0.717) is 19.8 Å². The predicted molar refractivity (Wildman–Crippen MR) is 118 cm³/mol. The second-order valence-corrected chi connectivity index (χ2v) is 7.96. The SMILES string of the molecule is CCCCCCCCCCCCCCCCCCCCOCCOCCO. The molecule has 0 aromatic carbocycles. The molecule has 0 aromatic rings. The first kappa shape index (κ1) is 26.9. The van der Waals surface area contributed by atoms with Crippen molar-refractivity contribution in [3.8, 4) is 0 Å². The molecule has 0 unspecified atom stereocenters. The molecule has 0 aliphatic rings. The second kappa shape index (κ2) is 25.9. The molecule has 0 saturated heterocycles. The standard InChI is InChI=1S/C24H50O3/c1-2-3-4-5-6-7-8-9-10-11-12-13-14-15-16-17-18-19-21-26-23-24-27-22-20-25/h25H,2-24H2,1H3. The maximum absolute atomic E-state index is 8.57. The molecule has 0 amide bonds. The Labute approximate surface area is 170 Å². The van der Waals surface area contributed by atoms with Crippen molar-refractivity contribution < 1.29 is 14.6 Å². The van der Waals surface area contributed by atoms with Gasteiger partial charge in [0.15, 0.2) is 0 Å². The van der Waals surface area contributed by atoms with Crippen LogP contribution in [-0.2, 0) is 9.47 Å². The molecule has 3 heteroatoms. The van der Waals surface area contributed by atoms with Crippen molar-refractivity contribution in [2.45, 2.75) is 122 Å². The second-order valence-electron chi connectivity index (χ2n) is 7.96. The van der Waals surface area contributed by atoms with Crippen molar-refractivity contribution in [2.75, 3.05) is 33.0 Å². The zero-order chi connectivity index (χ0) is 19.7. The van der Waals surface area contributed by atoms with Crippen molar-refractivity contribution in [1.29, 1.82) is 0 Å². The van der Waals surface area contributed by atoms with E-state index in [2.05, 4.69) is 6.92 Å². The molecule has 0 spiro atoms. The first-order valence-corrected chi connectivity index (χ1v) is 12.2. The van der Waals surface area contributed by atoms with Gasteiger partial charge in [-0.1, -0.05) is 116 Å². The summed E-state index contributed by atoms with van der Waals surface area (Å²) in [5.74, 6) is 0. The predicted octanol–water partition coefficient (Wildman–Crippen LogP) is 7.05. The highest BCUT2D eigenvalue weighted by Gasteiger charge is 1.95. The summed E-state index contributed by atoms with van der Waals surface area (Å²) < 4.78 is 10.7. The summed E-state index contributed by atoms with van der Waals surface area (Å²) in [6.45, 7) is 4.90. The van der Waals surface area contributed by atoms with Crippen LogP contribution in [0, 0.1) is 0 Å². The maximum Gasteiger partial charge on any atom is 0.0701 e. The average Bonchev–Trinajstić information content (AvgIpc) is 2.68. The molecule has 0 aliphatic heterocycles. The first-order valence-electron chi connectivity index (χ1n) is 12.2. The zero-order valence-electron chi connectivity index (χ0n) is 18.5. The first-order chi connectivity index (χ1) is 13.4. The smallest absolute Gasteiger partial charge is 0.0701 e. The highest BCUT2D eigenvalue weighted by atomic mass is 16.5. The lowest BCUT2D eigenvalue weighted by atomic mass is 10.0. The number of unbranched alkanes of at least 4 members (excludes halogenated alkanes) is 17. The molecule has 0 aromatic heterocycles. The van der Waals surface area contributed by atoms with Gasteiger partial charge in [0, 0.05) is 6.61 Å². The Morgan fingerprint density at radius 1 is 0.407 bits per heavy atom. The largest absolute Gasteiger partial charge is 0.394 e. The number of aliphatic hydroxyl groups is 1. The number of ether oxygens (including phenoxy) is 2. The van der Waals surface area contributed by atoms with Gasteiger partial charge in [0.25, 0.3) is 0 Å². The van der Waals surface area contributed by atoms with Crippen LogP contribution in [0.25, 0.3) is 0 Å². The summed E-state index contributed by atoms with van der Waals surface area (Å²) in [6, 6.07) is 0. The van der Waals surface area contributed by atoms with Crippen LogP contribution < -0.4 is 0 Å². The van der Waals surface area contributed by atoms with Crippen LogP contribution in [0.5, 0.6) is 0 Å². The Kier molecular flexibility index (Phi) is 25.8. The van der Waals surface area contributed by atoms with Gasteiger partial charge in [0.1, 0.15) is 0 Å². The zero-order valence-corrected chi connectivity index (χ0v) is 18.5. The van der Waals surface area contributed by atoms with E-state index >= 15 is 0 Å². The summed E-state index contributed by atoms with van der Waals surface area (Å²) in [7, 11) is 0. The van der Waals surface area contributed by atoms with Crippen molar-refractivity contribution in [1.82, 2.24) is 0 Å². The average molecular weight is 387 g/mol. The van der Waals surface area contributed by atoms with Crippen LogP contribution in [0.3, 0.4) is 0 Å². The van der Waals surface area contributed by atoms with E-state index in [1.54, 1.807) is 0 Å². The molecule has 0 bridgehead atoms. The van der Waals surface area contributed by atoms with Crippen molar-refractivity contribution in [3.63, 3.8) is 0 Å². The lowest BCUT2D eigenvalue weighted by molar-refractivity contribution is 0.0321. The third kappa shape index (κ3) is 25.9. The van der Waals surface area contributed by atoms with Gasteiger partial charge < -0.3 is 14.6 Å². The minimum Gasteiger partial charge on any atom is -0.394 e. The quantitative estimate of drug-likeness (QED) is 0.181. The lowest BCUT2D eigenvalue weighted by Gasteiger charge is -2.05. The summed E-state index contributed by atoms with van der Waals surface area (Å²) >= 11 is 0. The molecule has 0 atom stereocenters. The van der Waals surface area contributed by atoms with E-state index in [1.807, 2.05) is 0 Å². The van der Waals surface area contributed by atoms with Gasteiger partial charge in [0.05, 0.1) is 26.4 Å². The van der Waals surface area contributed by atoms with Gasteiger partial charge in [0.2, 0.25) is 0 Å². The van der Waals surface area contributed by atoms with Crippen LogP contribution in [0.15, 0.2) is 0 Å². The van der Waals surface area contributed by atoms with Crippen LogP contribution in [0.4, 0.5) is 0 Å². The molecule has 0 aliphatic carbocycles. The molecular weight excluding hydrogens is 336 g/mol. The third-order valence-electron chi connectivity index (χ3n) is 5.25. The fourth-order valence-corrected chi connectivity index (χ4v) is 3.49. The molecule has 1 N–H and O–H groups in total. The molecule has 0 radical (unpaired) electrons. The number of hydrogen-bond acceptors (Lipinski definition) is 3. The molecule has 0 saturated carbocycles. The molecule has 164 valence electrons. The molecule has 0 fully saturated rings. The highest BCUT2D eigenvalue weighted by Crippen LogP contribution is 2.14. The van der Waals surface area contributed by atoms with E-state index in [-0.39, 0.29) is 6.61 Å². The Hall–Kier alpha value is -0.120. The van der Waals surface area contributed by atoms with E-state index in [0.717, 1.165) is 6.61 Å². The lowest BCUT2D eigenvalue weighted by Crippen LogP contribution is -2.07. The number of aliphatic hydroxyl groups excluding tert-OH is 1.